The minimum Gasteiger partial charge on any atom is -0.489 e. The Bertz CT molecular complexity index is 1370. The van der Waals surface area contributed by atoms with Gasteiger partial charge >= 0.3 is 0 Å². The van der Waals surface area contributed by atoms with Crippen LogP contribution in [-0.4, -0.2) is 29.7 Å². The minimum atomic E-state index is -0.342. The smallest absolute Gasteiger partial charge is 0.167 e. The number of piperidine rings is 1. The first-order valence-electron chi connectivity index (χ1n) is 10.5. The zero-order valence-corrected chi connectivity index (χ0v) is 17.4. The lowest BCUT2D eigenvalue weighted by Crippen LogP contribution is -2.33. The van der Waals surface area contributed by atoms with Crippen LogP contribution >= 0.6 is 11.6 Å². The van der Waals surface area contributed by atoms with Gasteiger partial charge in [-0.3, -0.25) is 0 Å². The standard InChI is InChI=1S/C24H20ClF2N3O/c25-21-19-15-8-13(26)3-5-17(15)29-22(19)24(31-11-12-2-1-7-28-10-12)23-20(21)16-9-14(27)4-6-18(16)30-23/h3-6,8-9,12,28-30H,1-2,7,10-11H2. The van der Waals surface area contributed by atoms with Gasteiger partial charge in [0, 0.05) is 45.0 Å². The number of ether oxygens (including phenoxy) is 1. The van der Waals surface area contributed by atoms with Crippen molar-refractivity contribution in [2.75, 3.05) is 19.7 Å². The van der Waals surface area contributed by atoms with E-state index in [2.05, 4.69) is 15.3 Å². The van der Waals surface area contributed by atoms with E-state index in [1.165, 1.54) is 24.3 Å². The Hall–Kier alpha value is -2.83. The van der Waals surface area contributed by atoms with Gasteiger partial charge in [-0.2, -0.15) is 0 Å². The van der Waals surface area contributed by atoms with Crippen LogP contribution in [0.4, 0.5) is 8.78 Å². The van der Waals surface area contributed by atoms with E-state index in [0.717, 1.165) is 37.0 Å². The van der Waals surface area contributed by atoms with E-state index in [4.69, 9.17) is 16.3 Å². The maximum atomic E-state index is 14.1. The van der Waals surface area contributed by atoms with Crippen molar-refractivity contribution >= 4 is 55.2 Å². The Morgan fingerprint density at radius 3 is 2.10 bits per heavy atom. The number of benzene rings is 3. The molecule has 0 radical (unpaired) electrons. The first-order chi connectivity index (χ1) is 15.1. The van der Waals surface area contributed by atoms with Crippen molar-refractivity contribution in [3.05, 3.63) is 53.1 Å². The van der Waals surface area contributed by atoms with Gasteiger partial charge in [0.05, 0.1) is 22.7 Å². The van der Waals surface area contributed by atoms with Gasteiger partial charge in [0.15, 0.2) is 5.75 Å². The Balaban J connectivity index is 1.66. The maximum Gasteiger partial charge on any atom is 0.167 e. The number of rotatable bonds is 3. The number of aromatic amines is 2. The molecule has 1 saturated heterocycles. The van der Waals surface area contributed by atoms with E-state index in [9.17, 15) is 8.78 Å². The van der Waals surface area contributed by atoms with Gasteiger partial charge in [-0.05, 0) is 55.8 Å². The van der Waals surface area contributed by atoms with Crippen LogP contribution in [0.2, 0.25) is 5.02 Å². The highest BCUT2D eigenvalue weighted by Gasteiger charge is 2.23. The number of hydrogen-bond acceptors (Lipinski definition) is 2. The molecule has 3 N–H and O–H groups in total. The van der Waals surface area contributed by atoms with Crippen LogP contribution in [0.25, 0.3) is 43.6 Å². The van der Waals surface area contributed by atoms with Crippen molar-refractivity contribution < 1.29 is 13.5 Å². The Kier molecular flexibility index (Phi) is 4.33. The molecular formula is C24H20ClF2N3O. The highest BCUT2D eigenvalue weighted by atomic mass is 35.5. The van der Waals surface area contributed by atoms with Crippen LogP contribution in [0.5, 0.6) is 5.75 Å². The molecule has 0 aliphatic carbocycles. The molecule has 158 valence electrons. The molecule has 1 unspecified atom stereocenters. The molecule has 1 fully saturated rings. The third kappa shape index (κ3) is 2.97. The van der Waals surface area contributed by atoms with Crippen LogP contribution < -0.4 is 10.1 Å². The zero-order valence-electron chi connectivity index (χ0n) is 16.6. The van der Waals surface area contributed by atoms with Crippen LogP contribution in [0.3, 0.4) is 0 Å². The summed E-state index contributed by atoms with van der Waals surface area (Å²) < 4.78 is 34.5. The van der Waals surface area contributed by atoms with E-state index in [1.807, 2.05) is 0 Å². The second-order valence-electron chi connectivity index (χ2n) is 8.30. The molecule has 2 aromatic heterocycles. The van der Waals surface area contributed by atoms with E-state index in [0.29, 0.717) is 55.9 Å². The molecule has 5 aromatic rings. The van der Waals surface area contributed by atoms with E-state index in [1.54, 1.807) is 12.1 Å². The highest BCUT2D eigenvalue weighted by Crippen LogP contribution is 2.46. The fourth-order valence-corrected chi connectivity index (χ4v) is 5.18. The number of aromatic nitrogens is 2. The molecule has 1 aliphatic heterocycles. The molecule has 3 heterocycles. The van der Waals surface area contributed by atoms with Crippen molar-refractivity contribution in [1.29, 1.82) is 0 Å². The maximum absolute atomic E-state index is 14.1. The third-order valence-corrected chi connectivity index (χ3v) is 6.65. The number of halogens is 3. The van der Waals surface area contributed by atoms with Gasteiger partial charge in [-0.1, -0.05) is 11.6 Å². The predicted octanol–water partition coefficient (Wildman–Crippen LogP) is 6.27. The normalized spacial score (nSPS) is 17.3. The number of fused-ring (bicyclic) bond motifs is 6. The SMILES string of the molecule is Fc1ccc2[nH]c3c(OCC4CCCNC4)c4[nH]c5ccc(F)cc5c4c(Cl)c3c2c1. The monoisotopic (exact) mass is 439 g/mol. The Labute approximate surface area is 181 Å². The van der Waals surface area contributed by atoms with Crippen molar-refractivity contribution in [1.82, 2.24) is 15.3 Å². The number of nitrogens with one attached hydrogen (secondary N) is 3. The van der Waals surface area contributed by atoms with Gasteiger partial charge < -0.3 is 20.0 Å². The molecule has 7 heteroatoms. The predicted molar refractivity (Wildman–Crippen MR) is 121 cm³/mol. The fourth-order valence-electron chi connectivity index (χ4n) is 4.79. The summed E-state index contributed by atoms with van der Waals surface area (Å²) in [4.78, 5) is 6.73. The van der Waals surface area contributed by atoms with E-state index in [-0.39, 0.29) is 11.6 Å². The van der Waals surface area contributed by atoms with Crippen LogP contribution in [-0.2, 0) is 0 Å². The summed E-state index contributed by atoms with van der Waals surface area (Å²) in [5.41, 5.74) is 2.97. The molecular weight excluding hydrogens is 420 g/mol. The lowest BCUT2D eigenvalue weighted by atomic mass is 10.0. The summed E-state index contributed by atoms with van der Waals surface area (Å²) in [5.74, 6) is 0.349. The van der Waals surface area contributed by atoms with Crippen molar-refractivity contribution in [3.63, 3.8) is 0 Å². The summed E-state index contributed by atoms with van der Waals surface area (Å²) in [6, 6.07) is 9.16. The third-order valence-electron chi connectivity index (χ3n) is 6.28. The lowest BCUT2D eigenvalue weighted by Gasteiger charge is -2.23. The van der Waals surface area contributed by atoms with Crippen molar-refractivity contribution in [2.45, 2.75) is 12.8 Å². The molecule has 6 rings (SSSR count). The van der Waals surface area contributed by atoms with Gasteiger partial charge in [0.2, 0.25) is 0 Å². The Morgan fingerprint density at radius 1 is 0.935 bits per heavy atom. The molecule has 4 nitrogen and oxygen atoms in total. The number of H-pyrrole nitrogens is 2. The molecule has 1 atom stereocenters. The van der Waals surface area contributed by atoms with Gasteiger partial charge in [0.25, 0.3) is 0 Å². The van der Waals surface area contributed by atoms with E-state index < -0.39 is 0 Å². The number of hydrogen-bond donors (Lipinski definition) is 3. The van der Waals surface area contributed by atoms with Crippen molar-refractivity contribution in [2.24, 2.45) is 5.92 Å². The highest BCUT2D eigenvalue weighted by molar-refractivity contribution is 6.45. The second kappa shape index (κ2) is 7.11. The summed E-state index contributed by atoms with van der Waals surface area (Å²) in [6.45, 7) is 2.50. The van der Waals surface area contributed by atoms with Crippen molar-refractivity contribution in [3.8, 4) is 5.75 Å². The molecule has 3 aromatic carbocycles. The minimum absolute atomic E-state index is 0.342. The summed E-state index contributed by atoms with van der Waals surface area (Å²) in [6.07, 6.45) is 2.22. The van der Waals surface area contributed by atoms with Gasteiger partial charge in [0.1, 0.15) is 11.6 Å². The van der Waals surface area contributed by atoms with Gasteiger partial charge in [-0.15, -0.1) is 0 Å². The summed E-state index contributed by atoms with van der Waals surface area (Å²) in [7, 11) is 0. The van der Waals surface area contributed by atoms with Gasteiger partial charge in [-0.25, -0.2) is 8.78 Å². The van der Waals surface area contributed by atoms with Crippen LogP contribution in [0.1, 0.15) is 12.8 Å². The Morgan fingerprint density at radius 2 is 1.55 bits per heavy atom. The first kappa shape index (κ1) is 18.9. The molecule has 0 amide bonds. The molecule has 0 spiro atoms. The average molecular weight is 440 g/mol. The van der Waals surface area contributed by atoms with Crippen LogP contribution in [0.15, 0.2) is 36.4 Å². The zero-order chi connectivity index (χ0) is 21.1. The summed E-state index contributed by atoms with van der Waals surface area (Å²) >= 11 is 6.89. The van der Waals surface area contributed by atoms with E-state index >= 15 is 0 Å². The topological polar surface area (TPSA) is 52.8 Å². The molecule has 0 bridgehead atoms. The second-order valence-corrected chi connectivity index (χ2v) is 8.67. The van der Waals surface area contributed by atoms with Crippen LogP contribution in [0, 0.1) is 17.6 Å². The summed E-state index contributed by atoms with van der Waals surface area (Å²) in [5, 5.41) is 6.59. The molecule has 31 heavy (non-hydrogen) atoms. The lowest BCUT2D eigenvalue weighted by molar-refractivity contribution is 0.222. The first-order valence-corrected chi connectivity index (χ1v) is 10.8. The molecule has 1 aliphatic rings. The molecule has 0 saturated carbocycles. The quantitative estimate of drug-likeness (QED) is 0.310. The average Bonchev–Trinajstić information content (AvgIpc) is 3.33. The largest absolute Gasteiger partial charge is 0.489 e. The fraction of sp³-hybridized carbons (Fsp3) is 0.250.